The van der Waals surface area contributed by atoms with Crippen LogP contribution in [0.1, 0.15) is 31.2 Å². The molecule has 1 aromatic carbocycles. The van der Waals surface area contributed by atoms with E-state index in [-0.39, 0.29) is 11.9 Å². The van der Waals surface area contributed by atoms with Gasteiger partial charge in [0.2, 0.25) is 0 Å². The molecule has 3 heteroatoms. The second-order valence-electron chi connectivity index (χ2n) is 4.82. The highest BCUT2D eigenvalue weighted by Gasteiger charge is 2.22. The van der Waals surface area contributed by atoms with Gasteiger partial charge in [-0.25, -0.2) is 4.39 Å². The first-order valence-electron chi connectivity index (χ1n) is 6.20. The van der Waals surface area contributed by atoms with Crippen LogP contribution in [0.2, 0.25) is 0 Å². The molecule has 2 nitrogen and oxygen atoms in total. The molecule has 1 aliphatic carbocycles. The molecule has 2 rings (SSSR count). The number of methoxy groups -OCH3 is 1. The largest absolute Gasteiger partial charge is 0.494 e. The molecule has 17 heavy (non-hydrogen) atoms. The minimum atomic E-state index is -0.255. The van der Waals surface area contributed by atoms with E-state index < -0.39 is 0 Å². The molecule has 1 N–H and O–H groups in total. The number of hydrogen-bond donors (Lipinski definition) is 1. The normalized spacial score (nSPS) is 24.6. The Morgan fingerprint density at radius 2 is 2.24 bits per heavy atom. The highest BCUT2D eigenvalue weighted by molar-refractivity contribution is 5.31. The van der Waals surface area contributed by atoms with Crippen molar-refractivity contribution in [2.45, 2.75) is 38.2 Å². The van der Waals surface area contributed by atoms with Gasteiger partial charge >= 0.3 is 0 Å². The van der Waals surface area contributed by atoms with Crippen LogP contribution in [0.15, 0.2) is 18.2 Å². The molecule has 2 atom stereocenters. The smallest absolute Gasteiger partial charge is 0.168 e. The molecular formula is C14H19FO2. The van der Waals surface area contributed by atoms with Crippen molar-refractivity contribution in [3.8, 4) is 5.75 Å². The van der Waals surface area contributed by atoms with E-state index in [9.17, 15) is 9.50 Å². The van der Waals surface area contributed by atoms with E-state index >= 15 is 0 Å². The number of ether oxygens (including phenoxy) is 1. The van der Waals surface area contributed by atoms with Crippen LogP contribution in [-0.4, -0.2) is 18.3 Å². The van der Waals surface area contributed by atoms with E-state index in [4.69, 9.17) is 4.74 Å². The Labute approximate surface area is 101 Å². The minimum Gasteiger partial charge on any atom is -0.494 e. The summed E-state index contributed by atoms with van der Waals surface area (Å²) < 4.78 is 18.9. The van der Waals surface area contributed by atoms with Crippen LogP contribution in [0.25, 0.3) is 0 Å². The lowest BCUT2D eigenvalue weighted by Gasteiger charge is -2.26. The fourth-order valence-electron chi connectivity index (χ4n) is 2.63. The van der Waals surface area contributed by atoms with Gasteiger partial charge in [0.05, 0.1) is 13.2 Å². The summed E-state index contributed by atoms with van der Waals surface area (Å²) in [4.78, 5) is 0. The molecule has 0 amide bonds. The number of hydrogen-bond acceptors (Lipinski definition) is 2. The SMILES string of the molecule is COc1cccc(CC2CCCC(O)C2)c1F. The average Bonchev–Trinajstić information content (AvgIpc) is 2.32. The minimum absolute atomic E-state index is 0.206. The summed E-state index contributed by atoms with van der Waals surface area (Å²) in [6, 6.07) is 5.25. The molecule has 1 aromatic rings. The first-order valence-corrected chi connectivity index (χ1v) is 6.20. The average molecular weight is 238 g/mol. The van der Waals surface area contributed by atoms with Gasteiger partial charge in [-0.15, -0.1) is 0 Å². The standard InChI is InChI=1S/C14H19FO2/c1-17-13-7-3-5-11(14(13)15)8-10-4-2-6-12(16)9-10/h3,5,7,10,12,16H,2,4,6,8-9H2,1H3. The first kappa shape index (κ1) is 12.4. The molecule has 1 saturated carbocycles. The van der Waals surface area contributed by atoms with Gasteiger partial charge in [0, 0.05) is 0 Å². The number of benzene rings is 1. The fraction of sp³-hybridized carbons (Fsp3) is 0.571. The van der Waals surface area contributed by atoms with E-state index in [1.807, 2.05) is 6.07 Å². The van der Waals surface area contributed by atoms with Gasteiger partial charge in [0.25, 0.3) is 0 Å². The maximum Gasteiger partial charge on any atom is 0.168 e. The molecule has 94 valence electrons. The van der Waals surface area contributed by atoms with E-state index in [0.717, 1.165) is 25.7 Å². The summed E-state index contributed by atoms with van der Waals surface area (Å²) in [5.41, 5.74) is 0.698. The summed E-state index contributed by atoms with van der Waals surface area (Å²) in [6.45, 7) is 0. The van der Waals surface area contributed by atoms with Crippen LogP contribution < -0.4 is 4.74 Å². The molecule has 0 aromatic heterocycles. The zero-order chi connectivity index (χ0) is 12.3. The van der Waals surface area contributed by atoms with Crippen molar-refractivity contribution in [1.29, 1.82) is 0 Å². The van der Waals surface area contributed by atoms with Gasteiger partial charge in [-0.3, -0.25) is 0 Å². The third-order valence-corrected chi connectivity index (χ3v) is 3.53. The van der Waals surface area contributed by atoms with Crippen molar-refractivity contribution in [1.82, 2.24) is 0 Å². The van der Waals surface area contributed by atoms with Gasteiger partial charge < -0.3 is 9.84 Å². The number of aliphatic hydroxyl groups is 1. The molecule has 0 bridgehead atoms. The number of rotatable bonds is 3. The molecule has 0 heterocycles. The third-order valence-electron chi connectivity index (χ3n) is 3.53. The van der Waals surface area contributed by atoms with E-state index in [0.29, 0.717) is 23.7 Å². The predicted octanol–water partition coefficient (Wildman–Crippen LogP) is 2.93. The molecule has 0 spiro atoms. The van der Waals surface area contributed by atoms with Gasteiger partial charge in [-0.1, -0.05) is 18.6 Å². The Bertz CT molecular complexity index is 378. The monoisotopic (exact) mass is 238 g/mol. The Kier molecular flexibility index (Phi) is 4.00. The summed E-state index contributed by atoms with van der Waals surface area (Å²) >= 11 is 0. The van der Waals surface area contributed by atoms with Crippen molar-refractivity contribution in [2.24, 2.45) is 5.92 Å². The molecule has 0 saturated heterocycles. The quantitative estimate of drug-likeness (QED) is 0.877. The van der Waals surface area contributed by atoms with Crippen molar-refractivity contribution >= 4 is 0 Å². The molecule has 2 unspecified atom stereocenters. The van der Waals surface area contributed by atoms with Crippen LogP contribution in [-0.2, 0) is 6.42 Å². The fourth-order valence-corrected chi connectivity index (χ4v) is 2.63. The topological polar surface area (TPSA) is 29.5 Å². The predicted molar refractivity (Wildman–Crippen MR) is 64.6 cm³/mol. The van der Waals surface area contributed by atoms with Crippen LogP contribution in [0, 0.1) is 11.7 Å². The molecule has 0 aliphatic heterocycles. The molecule has 1 aliphatic rings. The second-order valence-corrected chi connectivity index (χ2v) is 4.82. The highest BCUT2D eigenvalue weighted by atomic mass is 19.1. The first-order chi connectivity index (χ1) is 8.20. The third kappa shape index (κ3) is 2.97. The summed E-state index contributed by atoms with van der Waals surface area (Å²) in [7, 11) is 1.48. The Balaban J connectivity index is 2.07. The highest BCUT2D eigenvalue weighted by Crippen LogP contribution is 2.29. The van der Waals surface area contributed by atoms with Crippen LogP contribution >= 0.6 is 0 Å². The summed E-state index contributed by atoms with van der Waals surface area (Å²) in [5, 5.41) is 9.61. The van der Waals surface area contributed by atoms with Crippen LogP contribution in [0.4, 0.5) is 4.39 Å². The Morgan fingerprint density at radius 1 is 1.41 bits per heavy atom. The molecular weight excluding hydrogens is 219 g/mol. The van der Waals surface area contributed by atoms with Crippen LogP contribution in [0.3, 0.4) is 0 Å². The van der Waals surface area contributed by atoms with E-state index in [2.05, 4.69) is 0 Å². The Morgan fingerprint density at radius 3 is 2.94 bits per heavy atom. The van der Waals surface area contributed by atoms with E-state index in [1.54, 1.807) is 12.1 Å². The lowest BCUT2D eigenvalue weighted by atomic mass is 9.83. The lowest BCUT2D eigenvalue weighted by molar-refractivity contribution is 0.101. The van der Waals surface area contributed by atoms with Gasteiger partial charge in [0.15, 0.2) is 11.6 Å². The maximum absolute atomic E-state index is 13.9. The van der Waals surface area contributed by atoms with Crippen molar-refractivity contribution in [3.63, 3.8) is 0 Å². The summed E-state index contributed by atoms with van der Waals surface area (Å²) in [5.74, 6) is 0.439. The van der Waals surface area contributed by atoms with Crippen molar-refractivity contribution < 1.29 is 14.2 Å². The van der Waals surface area contributed by atoms with Gasteiger partial charge in [-0.05, 0) is 43.2 Å². The maximum atomic E-state index is 13.9. The lowest BCUT2D eigenvalue weighted by Crippen LogP contribution is -2.21. The van der Waals surface area contributed by atoms with Crippen LogP contribution in [0.5, 0.6) is 5.75 Å². The zero-order valence-electron chi connectivity index (χ0n) is 10.2. The van der Waals surface area contributed by atoms with E-state index in [1.165, 1.54) is 7.11 Å². The number of halogens is 1. The zero-order valence-corrected chi connectivity index (χ0v) is 10.2. The molecule has 0 radical (unpaired) electrons. The van der Waals surface area contributed by atoms with Gasteiger partial charge in [0.1, 0.15) is 0 Å². The summed E-state index contributed by atoms with van der Waals surface area (Å²) in [6.07, 6.45) is 4.28. The number of aliphatic hydroxyl groups excluding tert-OH is 1. The Hall–Kier alpha value is -1.09. The molecule has 1 fully saturated rings. The second kappa shape index (κ2) is 5.50. The van der Waals surface area contributed by atoms with Crippen molar-refractivity contribution in [2.75, 3.05) is 7.11 Å². The van der Waals surface area contributed by atoms with Crippen molar-refractivity contribution in [3.05, 3.63) is 29.6 Å². The van der Waals surface area contributed by atoms with Gasteiger partial charge in [-0.2, -0.15) is 0 Å².